The molecule has 0 saturated carbocycles. The van der Waals surface area contributed by atoms with Crippen LogP contribution in [0.25, 0.3) is 0 Å². The Kier molecular flexibility index (Phi) is 7.32. The molecule has 4 N–H and O–H groups in total. The van der Waals surface area contributed by atoms with Crippen LogP contribution < -0.4 is 29.6 Å². The molecule has 0 atom stereocenters. The van der Waals surface area contributed by atoms with Gasteiger partial charge < -0.3 is 15.8 Å². The zero-order chi connectivity index (χ0) is 9.12. The third-order valence-corrected chi connectivity index (χ3v) is 2.74. The van der Waals surface area contributed by atoms with Gasteiger partial charge in [-0.15, -0.1) is 0 Å². The topological polar surface area (TPSA) is 115 Å². The van der Waals surface area contributed by atoms with Crippen molar-refractivity contribution in [1.29, 1.82) is 0 Å². The van der Waals surface area contributed by atoms with Crippen LogP contribution in [0.3, 0.4) is 0 Å². The Balaban J connectivity index is -0.000000500. The molecule has 0 aliphatic rings. The van der Waals surface area contributed by atoms with Crippen LogP contribution in [-0.4, -0.2) is 41.9 Å². The molecule has 0 spiro atoms. The first-order valence-electron chi connectivity index (χ1n) is 2.83. The van der Waals surface area contributed by atoms with Crippen LogP contribution in [0.1, 0.15) is 7.85 Å². The fraction of sp³-hybridized carbons (Fsp3) is 1.00. The van der Waals surface area contributed by atoms with Gasteiger partial charge in [0, 0.05) is 6.04 Å². The number of hydrogen-bond acceptors (Lipinski definition) is 5. The van der Waals surface area contributed by atoms with Crippen molar-refractivity contribution < 1.29 is 58.3 Å². The molecule has 9 heteroatoms. The third-order valence-electron chi connectivity index (χ3n) is 0.914. The van der Waals surface area contributed by atoms with E-state index in [4.69, 9.17) is 18.9 Å². The average molecular weight is 226 g/mol. The maximum atomic E-state index is 10.0. The summed E-state index contributed by atoms with van der Waals surface area (Å²) in [6.07, 6.45) is -0.158. The molecule has 0 unspecified atom stereocenters. The predicted molar refractivity (Wildman–Crippen MR) is 39.4 cm³/mol. The van der Waals surface area contributed by atoms with Gasteiger partial charge in [-0.2, -0.15) is 8.42 Å². The van der Waals surface area contributed by atoms with Crippen molar-refractivity contribution in [3.8, 4) is 0 Å². The van der Waals surface area contributed by atoms with Gasteiger partial charge in [-0.25, -0.2) is 0 Å². The Morgan fingerprint density at radius 2 is 1.67 bits per heavy atom. The fourth-order valence-electron chi connectivity index (χ4n) is 0.492. The van der Waals surface area contributed by atoms with Crippen LogP contribution in [0.4, 0.5) is 0 Å². The summed E-state index contributed by atoms with van der Waals surface area (Å²) in [6, 6.07) is -0.382. The van der Waals surface area contributed by atoms with E-state index < -0.39 is 24.7 Å². The molecular weight excluding hydrogens is 215 g/mol. The molecule has 0 aromatic heterocycles. The van der Waals surface area contributed by atoms with Gasteiger partial charge in [0.15, 0.2) is 0 Å². The summed E-state index contributed by atoms with van der Waals surface area (Å²) in [5.74, 6) is -0.566. The monoisotopic (exact) mass is 226 g/mol. The first kappa shape index (κ1) is 15.5. The summed E-state index contributed by atoms with van der Waals surface area (Å²) < 4.78 is 28.2. The van der Waals surface area contributed by atoms with Crippen molar-refractivity contribution in [2.24, 2.45) is 0 Å². The Morgan fingerprint density at radius 1 is 1.25 bits per heavy atom. The summed E-state index contributed by atoms with van der Waals surface area (Å²) in [4.78, 5) is 25.2. The summed E-state index contributed by atoms with van der Waals surface area (Å²) in [5, 5.41) is 0. The van der Waals surface area contributed by atoms with E-state index in [0.29, 0.717) is 0 Å². The first-order valence-corrected chi connectivity index (χ1v) is 6.49. The van der Waals surface area contributed by atoms with E-state index in [2.05, 4.69) is 0 Å². The molecule has 0 aliphatic carbocycles. The van der Waals surface area contributed by atoms with Gasteiger partial charge in [0.1, 0.15) is 0 Å². The standard InChI is InChI=1S/C3H10O6SSi.Na.H/c4-10(5,6)2-1-3-11(7,8)9;;/h7-9H,1-3H2,(H,4,5,6);;/q;+1;-1. The Bertz CT molecular complexity index is 212. The average Bonchev–Trinajstić information content (AvgIpc) is 1.55. The van der Waals surface area contributed by atoms with E-state index in [1.54, 1.807) is 0 Å². The minimum Gasteiger partial charge on any atom is -1.00 e. The van der Waals surface area contributed by atoms with E-state index in [1.165, 1.54) is 0 Å². The van der Waals surface area contributed by atoms with Crippen LogP contribution in [0.15, 0.2) is 0 Å². The van der Waals surface area contributed by atoms with Crippen molar-refractivity contribution in [1.82, 2.24) is 0 Å². The maximum Gasteiger partial charge on any atom is 1.00 e. The van der Waals surface area contributed by atoms with E-state index in [-0.39, 0.29) is 43.4 Å². The van der Waals surface area contributed by atoms with Crippen molar-refractivity contribution in [2.45, 2.75) is 12.5 Å². The molecule has 0 aromatic carbocycles. The normalized spacial score (nSPS) is 12.3. The van der Waals surface area contributed by atoms with E-state index in [9.17, 15) is 8.42 Å². The van der Waals surface area contributed by atoms with Gasteiger partial charge in [0.2, 0.25) is 0 Å². The molecule has 0 radical (unpaired) electrons. The smallest absolute Gasteiger partial charge is 1.00 e. The molecule has 0 aliphatic heterocycles. The van der Waals surface area contributed by atoms with Crippen LogP contribution in [0, 0.1) is 0 Å². The summed E-state index contributed by atoms with van der Waals surface area (Å²) in [7, 11) is -8.19. The Labute approximate surface area is 95.1 Å². The van der Waals surface area contributed by atoms with Crippen molar-refractivity contribution in [3.05, 3.63) is 0 Å². The third kappa shape index (κ3) is 13.6. The van der Waals surface area contributed by atoms with Crippen molar-refractivity contribution in [3.63, 3.8) is 0 Å². The molecule has 6 nitrogen and oxygen atoms in total. The predicted octanol–water partition coefficient (Wildman–Crippen LogP) is -4.70. The molecule has 70 valence electrons. The molecule has 0 bridgehead atoms. The molecule has 0 rings (SSSR count). The maximum absolute atomic E-state index is 10.0. The molecule has 0 heterocycles. The largest absolute Gasteiger partial charge is 1.00 e. The van der Waals surface area contributed by atoms with Gasteiger partial charge >= 0.3 is 38.4 Å². The Morgan fingerprint density at radius 3 is 1.92 bits per heavy atom. The number of rotatable bonds is 4. The minimum atomic E-state index is -4.13. The molecule has 0 amide bonds. The fourth-order valence-corrected chi connectivity index (χ4v) is 1.91. The zero-order valence-electron chi connectivity index (χ0n) is 7.63. The van der Waals surface area contributed by atoms with Crippen LogP contribution >= 0.6 is 0 Å². The van der Waals surface area contributed by atoms with Gasteiger partial charge in [0.25, 0.3) is 10.1 Å². The van der Waals surface area contributed by atoms with Gasteiger partial charge in [-0.05, 0) is 6.42 Å². The van der Waals surface area contributed by atoms with Crippen LogP contribution in [0.5, 0.6) is 0 Å². The molecule has 0 aromatic rings. The summed E-state index contributed by atoms with van der Waals surface area (Å²) in [5.41, 5.74) is 0. The summed E-state index contributed by atoms with van der Waals surface area (Å²) >= 11 is 0. The first-order chi connectivity index (χ1) is 4.71. The van der Waals surface area contributed by atoms with E-state index >= 15 is 0 Å². The van der Waals surface area contributed by atoms with Gasteiger partial charge in [-0.3, -0.25) is 4.55 Å². The van der Waals surface area contributed by atoms with Gasteiger partial charge in [-0.1, -0.05) is 0 Å². The second-order valence-corrected chi connectivity index (χ2v) is 5.78. The molecule has 0 saturated heterocycles. The Hall–Kier alpha value is 1.01. The van der Waals surface area contributed by atoms with Crippen molar-refractivity contribution >= 4 is 18.9 Å². The molecule has 12 heavy (non-hydrogen) atoms. The molecule has 0 fully saturated rings. The van der Waals surface area contributed by atoms with Crippen LogP contribution in [-0.2, 0) is 10.1 Å². The minimum absolute atomic E-state index is 0. The zero-order valence-corrected chi connectivity index (χ0v) is 10.5. The van der Waals surface area contributed by atoms with Crippen molar-refractivity contribution in [2.75, 3.05) is 5.75 Å². The second-order valence-electron chi connectivity index (χ2n) is 2.16. The SMILES string of the molecule is O=S(=O)(O)CCC[Si](O)(O)O.[H-].[Na+]. The number of hydrogen-bond donors (Lipinski definition) is 4. The van der Waals surface area contributed by atoms with Gasteiger partial charge in [0.05, 0.1) is 5.75 Å². The van der Waals surface area contributed by atoms with E-state index in [0.717, 1.165) is 0 Å². The molecular formula is C3H11NaO6SSi. The summed E-state index contributed by atoms with van der Waals surface area (Å²) in [6.45, 7) is 0. The quantitative estimate of drug-likeness (QED) is 0.283. The van der Waals surface area contributed by atoms with E-state index in [1.807, 2.05) is 0 Å². The second kappa shape index (κ2) is 5.68. The van der Waals surface area contributed by atoms with Crippen LogP contribution in [0.2, 0.25) is 6.04 Å².